The zero-order chi connectivity index (χ0) is 15.1. The third-order valence-corrected chi connectivity index (χ3v) is 3.26. The van der Waals surface area contributed by atoms with Gasteiger partial charge in [-0.05, 0) is 42.5 Å². The molecule has 0 aliphatic carbocycles. The Kier molecular flexibility index (Phi) is 5.51. The molecule has 3 nitrogen and oxygen atoms in total. The second kappa shape index (κ2) is 7.59. The van der Waals surface area contributed by atoms with Gasteiger partial charge < -0.3 is 15.5 Å². The van der Waals surface area contributed by atoms with Crippen LogP contribution in [0.1, 0.15) is 0 Å². The van der Waals surface area contributed by atoms with E-state index in [0.29, 0.717) is 17.3 Å². The first kappa shape index (κ1) is 15.3. The first-order valence-electron chi connectivity index (χ1n) is 6.72. The highest BCUT2D eigenvalue weighted by atomic mass is 32.1. The van der Waals surface area contributed by atoms with Gasteiger partial charge in [0.1, 0.15) is 5.82 Å². The summed E-state index contributed by atoms with van der Waals surface area (Å²) in [6.07, 6.45) is 0. The van der Waals surface area contributed by atoms with Crippen LogP contribution in [-0.2, 0) is 0 Å². The largest absolute Gasteiger partial charge is 0.373 e. The normalized spacial score (nSPS) is 10.0. The van der Waals surface area contributed by atoms with Crippen LogP contribution in [0, 0.1) is 5.82 Å². The average Bonchev–Trinajstić information content (AvgIpc) is 2.48. The lowest BCUT2D eigenvalue weighted by Gasteiger charge is -2.20. The Morgan fingerprint density at radius 3 is 2.62 bits per heavy atom. The highest BCUT2D eigenvalue weighted by Gasteiger charge is 2.01. The lowest BCUT2D eigenvalue weighted by Crippen LogP contribution is -2.35. The molecule has 21 heavy (non-hydrogen) atoms. The third kappa shape index (κ3) is 5.04. The predicted octanol–water partition coefficient (Wildman–Crippen LogP) is 3.25. The van der Waals surface area contributed by atoms with Gasteiger partial charge in [0.05, 0.1) is 0 Å². The second-order valence-electron chi connectivity index (χ2n) is 4.65. The molecule has 0 saturated heterocycles. The van der Waals surface area contributed by atoms with E-state index >= 15 is 0 Å². The molecule has 5 heteroatoms. The molecular weight excluding hydrogens is 285 g/mol. The number of hydrogen-bond donors (Lipinski definition) is 2. The first-order chi connectivity index (χ1) is 10.1. The molecule has 0 spiro atoms. The van der Waals surface area contributed by atoms with Gasteiger partial charge in [-0.3, -0.25) is 0 Å². The number of benzene rings is 2. The summed E-state index contributed by atoms with van der Waals surface area (Å²) in [4.78, 5) is 2.14. The molecule has 2 rings (SSSR count). The Morgan fingerprint density at radius 2 is 1.90 bits per heavy atom. The van der Waals surface area contributed by atoms with E-state index in [2.05, 4.69) is 27.7 Å². The van der Waals surface area contributed by atoms with Gasteiger partial charge in [-0.15, -0.1) is 0 Å². The number of likely N-dealkylation sites (N-methyl/N-ethyl adjacent to an activating group) is 1. The molecule has 0 radical (unpaired) electrons. The van der Waals surface area contributed by atoms with Crippen molar-refractivity contribution >= 4 is 28.7 Å². The van der Waals surface area contributed by atoms with E-state index in [0.717, 1.165) is 12.2 Å². The number of hydrogen-bond acceptors (Lipinski definition) is 2. The SMILES string of the molecule is CN(CCNC(=S)Nc1cccc(F)c1)c1ccccc1. The Morgan fingerprint density at radius 1 is 1.14 bits per heavy atom. The van der Waals surface area contributed by atoms with Crippen molar-refractivity contribution in [3.63, 3.8) is 0 Å². The number of halogens is 1. The Hall–Kier alpha value is -2.14. The minimum absolute atomic E-state index is 0.286. The van der Waals surface area contributed by atoms with Gasteiger partial charge in [0.25, 0.3) is 0 Å². The highest BCUT2D eigenvalue weighted by molar-refractivity contribution is 7.80. The summed E-state index contributed by atoms with van der Waals surface area (Å²) in [7, 11) is 2.03. The minimum Gasteiger partial charge on any atom is -0.373 e. The molecule has 0 aliphatic rings. The third-order valence-electron chi connectivity index (χ3n) is 3.01. The van der Waals surface area contributed by atoms with Crippen molar-refractivity contribution < 1.29 is 4.39 Å². The van der Waals surface area contributed by atoms with Gasteiger partial charge in [0.2, 0.25) is 0 Å². The topological polar surface area (TPSA) is 27.3 Å². The van der Waals surface area contributed by atoms with Gasteiger partial charge >= 0.3 is 0 Å². The predicted molar refractivity (Wildman–Crippen MR) is 90.3 cm³/mol. The zero-order valence-corrected chi connectivity index (χ0v) is 12.7. The molecule has 2 N–H and O–H groups in total. The summed E-state index contributed by atoms with van der Waals surface area (Å²) in [6, 6.07) is 16.3. The summed E-state index contributed by atoms with van der Waals surface area (Å²) in [6.45, 7) is 1.52. The van der Waals surface area contributed by atoms with E-state index in [1.807, 2.05) is 25.2 Å². The van der Waals surface area contributed by atoms with Crippen LogP contribution in [0.15, 0.2) is 54.6 Å². The zero-order valence-electron chi connectivity index (χ0n) is 11.8. The average molecular weight is 303 g/mol. The fourth-order valence-electron chi connectivity index (χ4n) is 1.89. The van der Waals surface area contributed by atoms with E-state index < -0.39 is 0 Å². The van der Waals surface area contributed by atoms with Crippen LogP contribution >= 0.6 is 12.2 Å². The molecule has 2 aromatic rings. The fraction of sp³-hybridized carbons (Fsp3) is 0.188. The molecule has 0 aliphatic heterocycles. The lowest BCUT2D eigenvalue weighted by molar-refractivity contribution is 0.628. The maximum atomic E-state index is 13.1. The molecule has 0 unspecified atom stereocenters. The highest BCUT2D eigenvalue weighted by Crippen LogP contribution is 2.10. The van der Waals surface area contributed by atoms with Crippen molar-refractivity contribution in [2.75, 3.05) is 30.4 Å². The van der Waals surface area contributed by atoms with Crippen LogP contribution in [0.2, 0.25) is 0 Å². The second-order valence-corrected chi connectivity index (χ2v) is 5.06. The maximum absolute atomic E-state index is 13.1. The molecule has 0 fully saturated rings. The van der Waals surface area contributed by atoms with E-state index in [-0.39, 0.29) is 5.82 Å². The van der Waals surface area contributed by atoms with Crippen LogP contribution in [-0.4, -0.2) is 25.2 Å². The maximum Gasteiger partial charge on any atom is 0.170 e. The minimum atomic E-state index is -0.286. The molecule has 0 bridgehead atoms. The van der Waals surface area contributed by atoms with Crippen LogP contribution in [0.4, 0.5) is 15.8 Å². The van der Waals surface area contributed by atoms with Crippen LogP contribution in [0.25, 0.3) is 0 Å². The fourth-order valence-corrected chi connectivity index (χ4v) is 2.11. The van der Waals surface area contributed by atoms with E-state index in [1.165, 1.54) is 12.1 Å². The van der Waals surface area contributed by atoms with E-state index in [4.69, 9.17) is 12.2 Å². The number of nitrogens with zero attached hydrogens (tertiary/aromatic N) is 1. The van der Waals surface area contributed by atoms with Gasteiger partial charge in [0.15, 0.2) is 5.11 Å². The number of para-hydroxylation sites is 1. The lowest BCUT2D eigenvalue weighted by atomic mass is 10.3. The van der Waals surface area contributed by atoms with Crippen molar-refractivity contribution in [3.8, 4) is 0 Å². The Balaban J connectivity index is 1.74. The number of thiocarbonyl (C=S) groups is 1. The van der Waals surface area contributed by atoms with Crippen LogP contribution in [0.5, 0.6) is 0 Å². The first-order valence-corrected chi connectivity index (χ1v) is 7.12. The van der Waals surface area contributed by atoms with E-state index in [1.54, 1.807) is 12.1 Å². The number of nitrogens with one attached hydrogen (secondary N) is 2. The summed E-state index contributed by atoms with van der Waals surface area (Å²) >= 11 is 5.18. The van der Waals surface area contributed by atoms with Crippen molar-refractivity contribution in [1.29, 1.82) is 0 Å². The van der Waals surface area contributed by atoms with Crippen molar-refractivity contribution in [2.45, 2.75) is 0 Å². The standard InChI is InChI=1S/C16H18FN3S/c1-20(15-8-3-2-4-9-15)11-10-18-16(21)19-14-7-5-6-13(17)12-14/h2-9,12H,10-11H2,1H3,(H2,18,19,21). The molecule has 110 valence electrons. The molecule has 0 aromatic heterocycles. The molecular formula is C16H18FN3S. The van der Waals surface area contributed by atoms with Gasteiger partial charge in [-0.25, -0.2) is 4.39 Å². The number of anilines is 2. The monoisotopic (exact) mass is 303 g/mol. The molecule has 0 saturated carbocycles. The van der Waals surface area contributed by atoms with Crippen LogP contribution in [0.3, 0.4) is 0 Å². The molecule has 0 heterocycles. The summed E-state index contributed by atoms with van der Waals surface area (Å²) in [5.41, 5.74) is 1.80. The van der Waals surface area contributed by atoms with Crippen molar-refractivity contribution in [3.05, 3.63) is 60.4 Å². The summed E-state index contributed by atoms with van der Waals surface area (Å²) < 4.78 is 13.1. The van der Waals surface area contributed by atoms with Crippen LogP contribution < -0.4 is 15.5 Å². The summed E-state index contributed by atoms with van der Waals surface area (Å²) in [5.74, 6) is -0.286. The number of rotatable bonds is 5. The van der Waals surface area contributed by atoms with Crippen molar-refractivity contribution in [2.24, 2.45) is 0 Å². The summed E-state index contributed by atoms with van der Waals surface area (Å²) in [5, 5.41) is 6.55. The Labute approximate surface area is 129 Å². The van der Waals surface area contributed by atoms with Gasteiger partial charge in [-0.2, -0.15) is 0 Å². The quantitative estimate of drug-likeness (QED) is 0.829. The van der Waals surface area contributed by atoms with Crippen molar-refractivity contribution in [1.82, 2.24) is 5.32 Å². The smallest absolute Gasteiger partial charge is 0.170 e. The Bertz CT molecular complexity index is 589. The van der Waals surface area contributed by atoms with Gasteiger partial charge in [-0.1, -0.05) is 24.3 Å². The van der Waals surface area contributed by atoms with E-state index in [9.17, 15) is 4.39 Å². The molecule has 2 aromatic carbocycles. The molecule has 0 atom stereocenters. The molecule has 0 amide bonds. The van der Waals surface area contributed by atoms with Gasteiger partial charge in [0, 0.05) is 31.5 Å².